The Morgan fingerprint density at radius 2 is 1.58 bits per heavy atom. The van der Waals surface area contributed by atoms with Crippen molar-refractivity contribution in [3.8, 4) is 39.8 Å². The molecular weight excluding hydrogens is 867 g/mol. The maximum atomic E-state index is 14.7. The third-order valence-corrected chi connectivity index (χ3v) is 12.1. The minimum absolute atomic E-state index is 0.0155. The number of hydrogen-bond acceptors (Lipinski definition) is 15. The number of aliphatic carboxylic acids is 1. The first-order valence-corrected chi connectivity index (χ1v) is 22.0. The van der Waals surface area contributed by atoms with Crippen molar-refractivity contribution >= 4 is 29.6 Å². The molecule has 0 saturated heterocycles. The fourth-order valence-corrected chi connectivity index (χ4v) is 7.65. The molecule has 358 valence electrons. The number of rotatable bonds is 17. The van der Waals surface area contributed by atoms with E-state index in [0.29, 0.717) is 17.1 Å². The summed E-state index contributed by atoms with van der Waals surface area (Å²) in [6.45, 7) is 4.05. The van der Waals surface area contributed by atoms with Gasteiger partial charge in [0, 0.05) is 49.4 Å². The number of aromatic nitrogens is 2. The molecule has 3 aromatic carbocycles. The van der Waals surface area contributed by atoms with Gasteiger partial charge in [0.15, 0.2) is 17.3 Å². The van der Waals surface area contributed by atoms with Crippen LogP contribution in [0.25, 0.3) is 22.5 Å². The Labute approximate surface area is 387 Å². The Morgan fingerprint density at radius 1 is 0.925 bits per heavy atom. The maximum absolute atomic E-state index is 14.7. The number of aromatic hydroxyl groups is 1. The first-order chi connectivity index (χ1) is 31.9. The summed E-state index contributed by atoms with van der Waals surface area (Å²) in [6, 6.07) is 9.34. The first-order valence-electron chi connectivity index (χ1n) is 22.0. The van der Waals surface area contributed by atoms with E-state index in [4.69, 9.17) is 26.7 Å². The predicted molar refractivity (Wildman–Crippen MR) is 245 cm³/mol. The van der Waals surface area contributed by atoms with E-state index in [9.17, 15) is 44.4 Å². The average Bonchev–Trinajstić information content (AvgIpc) is 4.07. The number of fused-ring (bicyclic) bond motifs is 5. The number of amides is 4. The summed E-state index contributed by atoms with van der Waals surface area (Å²) in [7, 11) is 1.29. The molecule has 20 nitrogen and oxygen atoms in total. The molecule has 2 heterocycles. The summed E-state index contributed by atoms with van der Waals surface area (Å²) in [5.41, 5.74) is 20.3. The van der Waals surface area contributed by atoms with Crippen LogP contribution < -0.4 is 42.6 Å². The molecule has 1 fully saturated rings. The number of phenols is 1. The van der Waals surface area contributed by atoms with E-state index < -0.39 is 78.3 Å². The number of aryl methyl sites for hydroxylation is 1. The molecule has 6 atom stereocenters. The maximum Gasteiger partial charge on any atom is 0.326 e. The summed E-state index contributed by atoms with van der Waals surface area (Å²) in [4.78, 5) is 79.3. The zero-order valence-electron chi connectivity index (χ0n) is 37.8. The van der Waals surface area contributed by atoms with Crippen LogP contribution in [-0.4, -0.2) is 135 Å². The average molecular weight is 926 g/mol. The Kier molecular flexibility index (Phi) is 15.8. The third-order valence-electron chi connectivity index (χ3n) is 12.1. The van der Waals surface area contributed by atoms with Crippen LogP contribution >= 0.6 is 0 Å². The second-order valence-corrected chi connectivity index (χ2v) is 17.3. The monoisotopic (exact) mass is 925 g/mol. The number of carboxylic acid groups (broad SMARTS) is 1. The highest BCUT2D eigenvalue weighted by atomic mass is 16.5. The number of carbonyl (C=O) groups excluding carboxylic acids is 4. The lowest BCUT2D eigenvalue weighted by Crippen LogP contribution is -2.55. The number of likely N-dealkylation sites (N-methyl/N-ethyl adjacent to an activating group) is 1. The van der Waals surface area contributed by atoms with Gasteiger partial charge in [0.25, 0.3) is 5.91 Å². The van der Waals surface area contributed by atoms with Gasteiger partial charge >= 0.3 is 5.97 Å². The van der Waals surface area contributed by atoms with Crippen LogP contribution in [0.5, 0.6) is 17.2 Å². The number of hydrogen-bond donors (Lipinski definition) is 10. The molecule has 1 aromatic heterocycles. The van der Waals surface area contributed by atoms with E-state index in [2.05, 4.69) is 45.0 Å². The number of aliphatic hydroxyl groups is 2. The van der Waals surface area contributed by atoms with Crippen LogP contribution in [0.4, 0.5) is 0 Å². The minimum Gasteiger partial charge on any atom is -0.504 e. The Morgan fingerprint density at radius 3 is 2.18 bits per heavy atom. The van der Waals surface area contributed by atoms with Gasteiger partial charge in [-0.1, -0.05) is 37.3 Å². The number of phenolic OH excluding ortho intramolecular Hbond substituents is 1. The van der Waals surface area contributed by atoms with Gasteiger partial charge in [0.2, 0.25) is 17.7 Å². The van der Waals surface area contributed by atoms with E-state index in [1.807, 2.05) is 12.1 Å². The van der Waals surface area contributed by atoms with Crippen molar-refractivity contribution in [2.24, 2.45) is 17.2 Å². The number of ether oxygens (including phenoxy) is 2. The fraction of sp³-hybridized carbons (Fsp3) is 0.426. The molecule has 4 bridgehead atoms. The van der Waals surface area contributed by atoms with Gasteiger partial charge in [-0.25, -0.2) is 14.8 Å². The molecule has 6 rings (SSSR count). The SMILES string of the molecule is Cc1nc(-c2ccc(C3(C)CC3)cc2)ncc1C(=O)NC(CCN)C(=O)N(C)[C@@H]1C(=O)N[C@@H](C)C(=O)N[C@H](C(=O)O)Cc2ccc(OCC(O)CN)c(c2)-c2cc1cc(OCC(O)CN)c2O. The van der Waals surface area contributed by atoms with Crippen molar-refractivity contribution in [1.29, 1.82) is 0 Å². The number of nitrogens with one attached hydrogen (secondary N) is 3. The molecule has 1 aliphatic carbocycles. The van der Waals surface area contributed by atoms with Crippen LogP contribution in [-0.2, 0) is 31.0 Å². The van der Waals surface area contributed by atoms with Crippen molar-refractivity contribution in [2.75, 3.05) is 39.9 Å². The molecule has 1 aliphatic heterocycles. The van der Waals surface area contributed by atoms with Gasteiger partial charge < -0.3 is 68.0 Å². The lowest BCUT2D eigenvalue weighted by atomic mass is 9.93. The van der Waals surface area contributed by atoms with Crippen LogP contribution in [0.3, 0.4) is 0 Å². The number of benzene rings is 3. The normalized spacial score (nSPS) is 19.1. The second kappa shape index (κ2) is 21.3. The largest absolute Gasteiger partial charge is 0.504 e. The van der Waals surface area contributed by atoms with Crippen LogP contribution in [0, 0.1) is 6.92 Å². The molecule has 2 aliphatic rings. The van der Waals surface area contributed by atoms with Crippen LogP contribution in [0.1, 0.15) is 71.9 Å². The molecule has 1 saturated carbocycles. The van der Waals surface area contributed by atoms with Gasteiger partial charge in [0.1, 0.15) is 55.3 Å². The summed E-state index contributed by atoms with van der Waals surface area (Å²) >= 11 is 0. The summed E-state index contributed by atoms with van der Waals surface area (Å²) in [5.74, 6) is -4.93. The Balaban J connectivity index is 1.41. The topological polar surface area (TPSA) is 328 Å². The fourth-order valence-electron chi connectivity index (χ4n) is 7.65. The van der Waals surface area contributed by atoms with Crippen molar-refractivity contribution in [3.05, 3.63) is 88.7 Å². The zero-order valence-corrected chi connectivity index (χ0v) is 37.8. The highest BCUT2D eigenvalue weighted by Gasteiger charge is 2.39. The van der Waals surface area contributed by atoms with Gasteiger partial charge in [-0.2, -0.15) is 0 Å². The van der Waals surface area contributed by atoms with Gasteiger partial charge in [-0.05, 0) is 86.0 Å². The molecule has 0 radical (unpaired) electrons. The molecule has 13 N–H and O–H groups in total. The van der Waals surface area contributed by atoms with Crippen LogP contribution in [0.2, 0.25) is 0 Å². The van der Waals surface area contributed by atoms with Gasteiger partial charge in [-0.3, -0.25) is 19.2 Å². The third kappa shape index (κ3) is 11.6. The second-order valence-electron chi connectivity index (χ2n) is 17.3. The van der Waals surface area contributed by atoms with Crippen LogP contribution in [0.15, 0.2) is 60.8 Å². The number of nitrogens with zero attached hydrogens (tertiary/aromatic N) is 3. The summed E-state index contributed by atoms with van der Waals surface area (Å²) in [6.07, 6.45) is 1.00. The quantitative estimate of drug-likeness (QED) is 0.0691. The highest BCUT2D eigenvalue weighted by molar-refractivity contribution is 6.00. The number of aliphatic hydroxyl groups excluding tert-OH is 2. The van der Waals surface area contributed by atoms with E-state index in [1.54, 1.807) is 13.0 Å². The van der Waals surface area contributed by atoms with Crippen molar-refractivity contribution in [2.45, 2.75) is 88.2 Å². The highest BCUT2D eigenvalue weighted by Crippen LogP contribution is 2.48. The molecular formula is C47H59N9O11. The molecule has 4 amide bonds. The van der Waals surface area contributed by atoms with Gasteiger partial charge in [-0.15, -0.1) is 0 Å². The van der Waals surface area contributed by atoms with Gasteiger partial charge in [0.05, 0.1) is 11.3 Å². The van der Waals surface area contributed by atoms with Crippen molar-refractivity contribution in [1.82, 2.24) is 30.8 Å². The first kappa shape index (κ1) is 49.7. The summed E-state index contributed by atoms with van der Waals surface area (Å²) in [5, 5.41) is 50.4. The lowest BCUT2D eigenvalue weighted by molar-refractivity contribution is -0.143. The molecule has 0 spiro atoms. The smallest absolute Gasteiger partial charge is 0.326 e. The Bertz CT molecular complexity index is 2480. The predicted octanol–water partition coefficient (Wildman–Crippen LogP) is 0.550. The summed E-state index contributed by atoms with van der Waals surface area (Å²) < 4.78 is 11.8. The van der Waals surface area contributed by atoms with E-state index in [0.717, 1.165) is 23.3 Å². The number of nitrogens with two attached hydrogens (primary N) is 3. The minimum atomic E-state index is -1.65. The molecule has 4 aromatic rings. The number of carboxylic acids is 1. The van der Waals surface area contributed by atoms with E-state index >= 15 is 0 Å². The zero-order chi connectivity index (χ0) is 48.7. The lowest BCUT2D eigenvalue weighted by Gasteiger charge is -2.33. The number of carbonyl (C=O) groups is 5. The standard InChI is InChI=1S/C47H59N9O11/c1-24-34(21-51-41(52-24)27-6-8-29(9-7-27)47(3)12-13-47)43(61)54-35(11-14-48)45(63)56(4)39-28-17-33(40(59)38(18-28)67-23-31(58)20-50)32-15-26(5-10-37(32)66-22-30(57)19-49)16-36(46(64)65)55-42(60)25(2)53-44(39)62/h5-10,15,17-18,21,25,30-31,35-36,39,57-59H,11-14,16,19-20,22-23,48-50H2,1-4H3,(H,53,62)(H,54,61)(H,55,60)(H,64,65)/t25-,30?,31?,35?,36-,39-/m0/s1. The molecule has 67 heavy (non-hydrogen) atoms. The van der Waals surface area contributed by atoms with Crippen molar-refractivity contribution in [3.63, 3.8) is 0 Å². The van der Waals surface area contributed by atoms with Crippen molar-refractivity contribution < 1.29 is 53.9 Å². The molecule has 20 heteroatoms. The Hall–Kier alpha value is -6.71. The molecule has 3 unspecified atom stereocenters. The van der Waals surface area contributed by atoms with E-state index in [-0.39, 0.29) is 78.3 Å². The van der Waals surface area contributed by atoms with E-state index in [1.165, 1.54) is 50.0 Å².